The van der Waals surface area contributed by atoms with Gasteiger partial charge in [-0.15, -0.1) is 13.2 Å². The lowest BCUT2D eigenvalue weighted by molar-refractivity contribution is -0.274. The average molecular weight is 324 g/mol. The van der Waals surface area contributed by atoms with Gasteiger partial charge in [0, 0.05) is 11.6 Å². The van der Waals surface area contributed by atoms with Crippen LogP contribution in [0.4, 0.5) is 13.2 Å². The van der Waals surface area contributed by atoms with E-state index in [4.69, 9.17) is 9.52 Å². The van der Waals surface area contributed by atoms with E-state index < -0.39 is 12.3 Å². The summed E-state index contributed by atoms with van der Waals surface area (Å²) in [7, 11) is 0. The molecule has 0 unspecified atom stereocenters. The molecular weight excluding hydrogens is 313 g/mol. The summed E-state index contributed by atoms with van der Waals surface area (Å²) in [6.07, 6.45) is 0.410. The molecule has 1 aromatic carbocycles. The van der Waals surface area contributed by atoms with Gasteiger partial charge in [0.2, 0.25) is 0 Å². The number of halogens is 3. The Morgan fingerprint density at radius 2 is 1.87 bits per heavy atom. The summed E-state index contributed by atoms with van der Waals surface area (Å²) in [6, 6.07) is 8.47. The topological polar surface area (TPSA) is 59.7 Å². The Hall–Kier alpha value is -2.96. The second kappa shape index (κ2) is 6.87. The van der Waals surface area contributed by atoms with Crippen LogP contribution < -0.4 is 4.74 Å². The van der Waals surface area contributed by atoms with Gasteiger partial charge in [-0.3, -0.25) is 0 Å². The summed E-state index contributed by atoms with van der Waals surface area (Å²) in [4.78, 5) is 10.5. The predicted octanol–water partition coefficient (Wildman–Crippen LogP) is 4.25. The van der Waals surface area contributed by atoms with Gasteiger partial charge in [-0.2, -0.15) is 0 Å². The molecule has 0 radical (unpaired) electrons. The molecule has 0 saturated carbocycles. The number of carbonyl (C=O) groups is 1. The van der Waals surface area contributed by atoms with Crippen LogP contribution in [0.5, 0.6) is 5.75 Å². The van der Waals surface area contributed by atoms with Crippen molar-refractivity contribution in [2.75, 3.05) is 0 Å². The number of carboxylic acid groups (broad SMARTS) is 1. The van der Waals surface area contributed by atoms with Gasteiger partial charge in [-0.05, 0) is 29.8 Å². The summed E-state index contributed by atoms with van der Waals surface area (Å²) in [6.45, 7) is 0. The van der Waals surface area contributed by atoms with E-state index in [0.717, 1.165) is 6.08 Å². The van der Waals surface area contributed by atoms with E-state index in [0.29, 0.717) is 16.9 Å². The minimum absolute atomic E-state index is 0.346. The van der Waals surface area contributed by atoms with Crippen molar-refractivity contribution in [2.45, 2.75) is 6.36 Å². The third-order valence-corrected chi connectivity index (χ3v) is 2.69. The normalized spacial score (nSPS) is 12.6. The predicted molar refractivity (Wildman–Crippen MR) is 75.7 cm³/mol. The average Bonchev–Trinajstić information content (AvgIpc) is 2.97. The third-order valence-electron chi connectivity index (χ3n) is 2.69. The van der Waals surface area contributed by atoms with E-state index in [1.165, 1.54) is 42.7 Å². The molecule has 0 aliphatic heterocycles. The van der Waals surface area contributed by atoms with Crippen LogP contribution in [0.3, 0.4) is 0 Å². The monoisotopic (exact) mass is 324 g/mol. The first kappa shape index (κ1) is 16.4. The van der Waals surface area contributed by atoms with Gasteiger partial charge in [-0.25, -0.2) is 4.79 Å². The zero-order valence-corrected chi connectivity index (χ0v) is 11.6. The minimum atomic E-state index is -4.76. The van der Waals surface area contributed by atoms with Crippen LogP contribution in [0.15, 0.2) is 65.3 Å². The highest BCUT2D eigenvalue weighted by Gasteiger charge is 2.31. The molecular formula is C16H11F3O4. The van der Waals surface area contributed by atoms with Gasteiger partial charge >= 0.3 is 12.3 Å². The van der Waals surface area contributed by atoms with Crippen LogP contribution in [0, 0.1) is 0 Å². The number of hydrogen-bond acceptors (Lipinski definition) is 3. The standard InChI is InChI=1S/C16H11F3O4/c17-16(18,19)23-12-8-6-11(7-9-12)13(3-1-5-15(20)21)14-4-2-10-22-14/h1-10H,(H,20,21)/b5-1+,13-3+. The van der Waals surface area contributed by atoms with Gasteiger partial charge in [0.25, 0.3) is 0 Å². The molecule has 120 valence electrons. The number of aliphatic carboxylic acids is 1. The Morgan fingerprint density at radius 3 is 2.39 bits per heavy atom. The molecule has 1 N–H and O–H groups in total. The van der Waals surface area contributed by atoms with Crippen molar-refractivity contribution in [3.05, 3.63) is 72.2 Å². The lowest BCUT2D eigenvalue weighted by atomic mass is 10.0. The fourth-order valence-electron chi connectivity index (χ4n) is 1.82. The van der Waals surface area contributed by atoms with Gasteiger partial charge in [0.05, 0.1) is 6.26 Å². The van der Waals surface area contributed by atoms with Crippen molar-refractivity contribution in [2.24, 2.45) is 0 Å². The van der Waals surface area contributed by atoms with E-state index >= 15 is 0 Å². The number of hydrogen-bond donors (Lipinski definition) is 1. The van der Waals surface area contributed by atoms with Crippen molar-refractivity contribution >= 4 is 11.5 Å². The Morgan fingerprint density at radius 1 is 1.17 bits per heavy atom. The number of benzene rings is 1. The molecule has 1 aromatic heterocycles. The van der Waals surface area contributed by atoms with Crippen LogP contribution in [-0.2, 0) is 4.79 Å². The van der Waals surface area contributed by atoms with Gasteiger partial charge in [-0.1, -0.05) is 24.3 Å². The molecule has 1 heterocycles. The maximum atomic E-state index is 12.2. The Labute approximate surface area is 129 Å². The van der Waals surface area contributed by atoms with Crippen LogP contribution >= 0.6 is 0 Å². The lowest BCUT2D eigenvalue weighted by Crippen LogP contribution is -2.17. The number of furan rings is 1. The van der Waals surface area contributed by atoms with Gasteiger partial charge < -0.3 is 14.3 Å². The second-order valence-electron chi connectivity index (χ2n) is 4.33. The number of rotatable bonds is 5. The third kappa shape index (κ3) is 5.06. The zero-order valence-electron chi connectivity index (χ0n) is 11.6. The fourth-order valence-corrected chi connectivity index (χ4v) is 1.82. The lowest BCUT2D eigenvalue weighted by Gasteiger charge is -2.10. The van der Waals surface area contributed by atoms with E-state index in [-0.39, 0.29) is 5.75 Å². The molecule has 2 rings (SSSR count). The molecule has 4 nitrogen and oxygen atoms in total. The first-order valence-corrected chi connectivity index (χ1v) is 6.36. The Balaban J connectivity index is 2.31. The zero-order chi connectivity index (χ0) is 16.9. The molecule has 0 amide bonds. The summed E-state index contributed by atoms with van der Waals surface area (Å²) in [5, 5.41) is 8.61. The molecule has 0 saturated heterocycles. The summed E-state index contributed by atoms with van der Waals surface area (Å²) in [5.41, 5.74) is 1.07. The maximum Gasteiger partial charge on any atom is 0.573 e. The highest BCUT2D eigenvalue weighted by Crippen LogP contribution is 2.28. The molecule has 7 heteroatoms. The van der Waals surface area contributed by atoms with E-state index in [9.17, 15) is 18.0 Å². The maximum absolute atomic E-state index is 12.2. The van der Waals surface area contributed by atoms with Crippen molar-refractivity contribution in [1.82, 2.24) is 0 Å². The van der Waals surface area contributed by atoms with Crippen LogP contribution in [0.1, 0.15) is 11.3 Å². The minimum Gasteiger partial charge on any atom is -0.478 e. The fraction of sp³-hybridized carbons (Fsp3) is 0.0625. The van der Waals surface area contributed by atoms with E-state index in [2.05, 4.69) is 4.74 Å². The summed E-state index contributed by atoms with van der Waals surface area (Å²) < 4.78 is 45.5. The highest BCUT2D eigenvalue weighted by atomic mass is 19.4. The molecule has 0 bridgehead atoms. The number of ether oxygens (including phenoxy) is 1. The van der Waals surface area contributed by atoms with Gasteiger partial charge in [0.1, 0.15) is 11.5 Å². The Kier molecular flexibility index (Phi) is 4.90. The number of carboxylic acids is 1. The smallest absolute Gasteiger partial charge is 0.478 e. The number of allylic oxidation sites excluding steroid dienone is 2. The first-order chi connectivity index (χ1) is 10.8. The van der Waals surface area contributed by atoms with E-state index in [1.54, 1.807) is 12.1 Å². The van der Waals surface area contributed by atoms with Crippen molar-refractivity contribution in [1.29, 1.82) is 0 Å². The quantitative estimate of drug-likeness (QED) is 0.660. The van der Waals surface area contributed by atoms with Crippen LogP contribution in [0.25, 0.3) is 5.57 Å². The first-order valence-electron chi connectivity index (χ1n) is 6.36. The molecule has 0 aliphatic carbocycles. The van der Waals surface area contributed by atoms with Crippen LogP contribution in [-0.4, -0.2) is 17.4 Å². The molecule has 0 fully saturated rings. The van der Waals surface area contributed by atoms with Crippen molar-refractivity contribution in [3.8, 4) is 5.75 Å². The van der Waals surface area contributed by atoms with Crippen LogP contribution in [0.2, 0.25) is 0 Å². The highest BCUT2D eigenvalue weighted by molar-refractivity contribution is 5.82. The van der Waals surface area contributed by atoms with Crippen molar-refractivity contribution in [3.63, 3.8) is 0 Å². The summed E-state index contributed by atoms with van der Waals surface area (Å²) in [5.74, 6) is -1.01. The molecule has 23 heavy (non-hydrogen) atoms. The largest absolute Gasteiger partial charge is 0.573 e. The number of alkyl halides is 3. The molecule has 2 aromatic rings. The molecule has 0 spiro atoms. The van der Waals surface area contributed by atoms with Gasteiger partial charge in [0.15, 0.2) is 0 Å². The summed E-state index contributed by atoms with van der Waals surface area (Å²) >= 11 is 0. The van der Waals surface area contributed by atoms with E-state index in [1.807, 2.05) is 0 Å². The molecule has 0 atom stereocenters. The molecule has 0 aliphatic rings. The van der Waals surface area contributed by atoms with Crippen molar-refractivity contribution < 1.29 is 32.2 Å². The second-order valence-corrected chi connectivity index (χ2v) is 4.33. The SMILES string of the molecule is O=C(O)/C=C/C=C(\c1ccc(OC(F)(F)F)cc1)c1ccco1. The Bertz CT molecular complexity index is 711.